The smallest absolute Gasteiger partial charge is 0.201 e. The van der Waals surface area contributed by atoms with Gasteiger partial charge in [0.2, 0.25) is 5.82 Å². The predicted octanol–water partition coefficient (Wildman–Crippen LogP) is 3.96. The number of hydrogen-bond acceptors (Lipinski definition) is 2. The molecule has 0 heterocycles. The molecule has 2 nitrogen and oxygen atoms in total. The fourth-order valence-electron chi connectivity index (χ4n) is 1.53. The molecule has 0 aliphatic heterocycles. The Morgan fingerprint density at radius 3 is 2.39 bits per heavy atom. The van der Waals surface area contributed by atoms with Crippen molar-refractivity contribution in [2.45, 2.75) is 6.92 Å². The third-order valence-electron chi connectivity index (χ3n) is 2.40. The molecule has 92 valence electrons. The molecular weight excluding hydrogens is 238 g/mol. The summed E-state index contributed by atoms with van der Waals surface area (Å²) in [4.78, 5) is 11.4. The highest BCUT2D eigenvalue weighted by Gasteiger charge is 2.13. The average molecular weight is 248 g/mol. The molecule has 0 aliphatic rings. The van der Waals surface area contributed by atoms with Gasteiger partial charge in [0.1, 0.15) is 5.75 Å². The molecule has 18 heavy (non-hydrogen) atoms. The van der Waals surface area contributed by atoms with Gasteiger partial charge >= 0.3 is 0 Å². The SMILES string of the molecule is CC(=O)c1ccccc1Oc1cccc(F)c1F. The average Bonchev–Trinajstić information content (AvgIpc) is 2.35. The standard InChI is InChI=1S/C14H10F2O2/c1-9(17)10-5-2-3-7-12(10)18-13-8-4-6-11(15)14(13)16/h2-8H,1H3. The van der Waals surface area contributed by atoms with E-state index in [-0.39, 0.29) is 17.3 Å². The van der Waals surface area contributed by atoms with E-state index in [9.17, 15) is 13.6 Å². The van der Waals surface area contributed by atoms with Crippen molar-refractivity contribution in [3.8, 4) is 11.5 Å². The number of ketones is 1. The lowest BCUT2D eigenvalue weighted by Crippen LogP contribution is -1.98. The van der Waals surface area contributed by atoms with Crippen LogP contribution in [0.2, 0.25) is 0 Å². The Bertz CT molecular complexity index is 594. The van der Waals surface area contributed by atoms with Crippen molar-refractivity contribution in [2.75, 3.05) is 0 Å². The van der Waals surface area contributed by atoms with Crippen LogP contribution in [-0.4, -0.2) is 5.78 Å². The van der Waals surface area contributed by atoms with Crippen molar-refractivity contribution >= 4 is 5.78 Å². The summed E-state index contributed by atoms with van der Waals surface area (Å²) in [6, 6.07) is 10.1. The van der Waals surface area contributed by atoms with Crippen LogP contribution in [0.3, 0.4) is 0 Å². The molecular formula is C14H10F2O2. The maximum absolute atomic E-state index is 13.4. The molecule has 0 unspecified atom stereocenters. The first-order valence-electron chi connectivity index (χ1n) is 5.31. The topological polar surface area (TPSA) is 26.3 Å². The molecule has 0 atom stereocenters. The summed E-state index contributed by atoms with van der Waals surface area (Å²) in [6.07, 6.45) is 0. The Morgan fingerprint density at radius 1 is 1.00 bits per heavy atom. The quantitative estimate of drug-likeness (QED) is 0.768. The minimum atomic E-state index is -1.07. The van der Waals surface area contributed by atoms with E-state index in [1.165, 1.54) is 25.1 Å². The summed E-state index contributed by atoms with van der Waals surface area (Å²) in [6.45, 7) is 1.38. The molecule has 0 fully saturated rings. The van der Waals surface area contributed by atoms with Crippen LogP contribution in [0.15, 0.2) is 42.5 Å². The first-order valence-corrected chi connectivity index (χ1v) is 5.31. The zero-order valence-corrected chi connectivity index (χ0v) is 9.61. The van der Waals surface area contributed by atoms with Gasteiger partial charge in [-0.1, -0.05) is 18.2 Å². The van der Waals surface area contributed by atoms with Gasteiger partial charge in [0.15, 0.2) is 17.3 Å². The van der Waals surface area contributed by atoms with Crippen molar-refractivity contribution < 1.29 is 18.3 Å². The Hall–Kier alpha value is -2.23. The monoisotopic (exact) mass is 248 g/mol. The summed E-state index contributed by atoms with van der Waals surface area (Å²) >= 11 is 0. The number of hydrogen-bond donors (Lipinski definition) is 0. The third kappa shape index (κ3) is 2.37. The summed E-state index contributed by atoms with van der Waals surface area (Å²) in [5.41, 5.74) is 0.321. The Balaban J connectivity index is 2.40. The summed E-state index contributed by atoms with van der Waals surface area (Å²) < 4.78 is 31.7. The molecule has 2 aromatic rings. The second kappa shape index (κ2) is 4.96. The Morgan fingerprint density at radius 2 is 1.67 bits per heavy atom. The van der Waals surface area contributed by atoms with Gasteiger partial charge in [0.25, 0.3) is 0 Å². The number of rotatable bonds is 3. The highest BCUT2D eigenvalue weighted by Crippen LogP contribution is 2.28. The van der Waals surface area contributed by atoms with Crippen molar-refractivity contribution in [2.24, 2.45) is 0 Å². The van der Waals surface area contributed by atoms with Crippen molar-refractivity contribution in [1.82, 2.24) is 0 Å². The molecule has 4 heteroatoms. The normalized spacial score (nSPS) is 10.2. The lowest BCUT2D eigenvalue weighted by Gasteiger charge is -2.09. The van der Waals surface area contributed by atoms with E-state index in [2.05, 4.69) is 0 Å². The molecule has 0 aromatic heterocycles. The molecule has 0 spiro atoms. The maximum atomic E-state index is 13.4. The van der Waals surface area contributed by atoms with Crippen molar-refractivity contribution in [3.05, 3.63) is 59.7 Å². The van der Waals surface area contributed by atoms with Gasteiger partial charge in [-0.15, -0.1) is 0 Å². The molecule has 2 rings (SSSR count). The number of benzene rings is 2. The van der Waals surface area contributed by atoms with E-state index < -0.39 is 11.6 Å². The van der Waals surface area contributed by atoms with Gasteiger partial charge in [-0.25, -0.2) is 4.39 Å². The first-order chi connectivity index (χ1) is 8.59. The van der Waals surface area contributed by atoms with Gasteiger partial charge in [-0.05, 0) is 31.2 Å². The summed E-state index contributed by atoms with van der Waals surface area (Å²) in [5, 5.41) is 0. The number of carbonyl (C=O) groups excluding carboxylic acids is 1. The highest BCUT2D eigenvalue weighted by molar-refractivity contribution is 5.96. The summed E-state index contributed by atoms with van der Waals surface area (Å²) in [7, 11) is 0. The number of ether oxygens (including phenoxy) is 1. The first kappa shape index (κ1) is 12.2. The molecule has 0 saturated carbocycles. The zero-order chi connectivity index (χ0) is 13.1. The van der Waals surface area contributed by atoms with Crippen LogP contribution < -0.4 is 4.74 Å². The van der Waals surface area contributed by atoms with Crippen LogP contribution in [-0.2, 0) is 0 Å². The number of halogens is 2. The number of para-hydroxylation sites is 1. The minimum Gasteiger partial charge on any atom is -0.453 e. The maximum Gasteiger partial charge on any atom is 0.201 e. The second-order valence-electron chi connectivity index (χ2n) is 3.71. The zero-order valence-electron chi connectivity index (χ0n) is 9.61. The number of Topliss-reactive ketones (excluding diaryl/α,β-unsaturated/α-hetero) is 1. The predicted molar refractivity (Wildman–Crippen MR) is 62.9 cm³/mol. The van der Waals surface area contributed by atoms with Gasteiger partial charge in [-0.3, -0.25) is 4.79 Å². The van der Waals surface area contributed by atoms with E-state index in [4.69, 9.17) is 4.74 Å². The molecule has 0 aliphatic carbocycles. The molecule has 0 saturated heterocycles. The van der Waals surface area contributed by atoms with Gasteiger partial charge in [0.05, 0.1) is 5.56 Å². The molecule has 0 N–H and O–H groups in total. The molecule has 0 bridgehead atoms. The van der Waals surface area contributed by atoms with Gasteiger partial charge < -0.3 is 4.74 Å². The van der Waals surface area contributed by atoms with Crippen molar-refractivity contribution in [3.63, 3.8) is 0 Å². The largest absolute Gasteiger partial charge is 0.453 e. The van der Waals surface area contributed by atoms with Crippen LogP contribution in [0.4, 0.5) is 8.78 Å². The third-order valence-corrected chi connectivity index (χ3v) is 2.40. The van der Waals surface area contributed by atoms with Crippen LogP contribution in [0.5, 0.6) is 11.5 Å². The molecule has 0 radical (unpaired) electrons. The lowest BCUT2D eigenvalue weighted by molar-refractivity contribution is 0.101. The second-order valence-corrected chi connectivity index (χ2v) is 3.71. The van der Waals surface area contributed by atoms with Crippen LogP contribution in [0.25, 0.3) is 0 Å². The molecule has 0 amide bonds. The fraction of sp³-hybridized carbons (Fsp3) is 0.0714. The Labute approximate surface area is 103 Å². The van der Waals surface area contributed by atoms with Crippen LogP contribution in [0, 0.1) is 11.6 Å². The highest BCUT2D eigenvalue weighted by atomic mass is 19.2. The van der Waals surface area contributed by atoms with E-state index >= 15 is 0 Å². The minimum absolute atomic E-state index is 0.203. The van der Waals surface area contributed by atoms with E-state index in [1.54, 1.807) is 18.2 Å². The van der Waals surface area contributed by atoms with Gasteiger partial charge in [-0.2, -0.15) is 4.39 Å². The van der Waals surface area contributed by atoms with Gasteiger partial charge in [0, 0.05) is 0 Å². The van der Waals surface area contributed by atoms with Crippen LogP contribution >= 0.6 is 0 Å². The Kier molecular flexibility index (Phi) is 3.37. The number of carbonyl (C=O) groups is 1. The van der Waals surface area contributed by atoms with E-state index in [0.717, 1.165) is 6.07 Å². The summed E-state index contributed by atoms with van der Waals surface area (Å²) in [5.74, 6) is -2.32. The van der Waals surface area contributed by atoms with E-state index in [1.807, 2.05) is 0 Å². The lowest BCUT2D eigenvalue weighted by atomic mass is 10.1. The van der Waals surface area contributed by atoms with Crippen LogP contribution in [0.1, 0.15) is 17.3 Å². The molecule has 2 aromatic carbocycles. The van der Waals surface area contributed by atoms with E-state index in [0.29, 0.717) is 5.56 Å². The fourth-order valence-corrected chi connectivity index (χ4v) is 1.53. The van der Waals surface area contributed by atoms with Crippen molar-refractivity contribution in [1.29, 1.82) is 0 Å².